The molecule has 0 N–H and O–H groups in total. The first kappa shape index (κ1) is 25.5. The van der Waals surface area contributed by atoms with E-state index >= 15 is 0 Å². The number of nitrogens with zero attached hydrogens (tertiary/aromatic N) is 1. The molecule has 0 saturated carbocycles. The molecule has 0 spiro atoms. The van der Waals surface area contributed by atoms with E-state index in [-0.39, 0.29) is 12.4 Å². The van der Waals surface area contributed by atoms with Crippen LogP contribution in [-0.2, 0) is 0 Å². The molecule has 0 aliphatic rings. The van der Waals surface area contributed by atoms with E-state index < -0.39 is 0 Å². The first-order chi connectivity index (χ1) is 10.7. The number of quaternary nitrogens is 1. The fourth-order valence-corrected chi connectivity index (χ4v) is 4.03. The van der Waals surface area contributed by atoms with Crippen LogP contribution in [0.4, 0.5) is 0 Å². The zero-order valence-electron chi connectivity index (χ0n) is 16.8. The zero-order valence-corrected chi connectivity index (χ0v) is 17.6. The smallest absolute Gasteiger partial charge is 0.0786 e. The van der Waals surface area contributed by atoms with Crippen LogP contribution < -0.4 is 12.4 Å². The Labute approximate surface area is 154 Å². The van der Waals surface area contributed by atoms with Gasteiger partial charge in [0.15, 0.2) is 0 Å². The molecule has 0 unspecified atom stereocenters. The average molecular weight is 348 g/mol. The van der Waals surface area contributed by atoms with Gasteiger partial charge in [0, 0.05) is 0 Å². The van der Waals surface area contributed by atoms with Crippen LogP contribution in [0.5, 0.6) is 0 Å². The molecule has 0 radical (unpaired) electrons. The largest absolute Gasteiger partial charge is 1.00 e. The minimum absolute atomic E-state index is 0. The van der Waals surface area contributed by atoms with Gasteiger partial charge in [-0.3, -0.25) is 0 Å². The molecule has 142 valence electrons. The topological polar surface area (TPSA) is 0 Å². The molecule has 2 heteroatoms. The predicted molar refractivity (Wildman–Crippen MR) is 102 cm³/mol. The highest BCUT2D eigenvalue weighted by molar-refractivity contribution is 4.50. The first-order valence-electron chi connectivity index (χ1n) is 10.6. The van der Waals surface area contributed by atoms with Crippen molar-refractivity contribution >= 4 is 0 Å². The summed E-state index contributed by atoms with van der Waals surface area (Å²) in [6, 6.07) is 0. The fraction of sp³-hybridized carbons (Fsp3) is 1.00. The van der Waals surface area contributed by atoms with E-state index in [4.69, 9.17) is 0 Å². The quantitative estimate of drug-likeness (QED) is 0.276. The maximum Gasteiger partial charge on any atom is 0.0786 e. The molecular formula is C21H46ClN. The van der Waals surface area contributed by atoms with Gasteiger partial charge in [-0.05, 0) is 32.1 Å². The van der Waals surface area contributed by atoms with Gasteiger partial charge in [-0.2, -0.15) is 0 Å². The Hall–Kier alpha value is 0.250. The number of rotatable bonds is 17. The lowest BCUT2D eigenvalue weighted by Crippen LogP contribution is -3.00. The van der Waals surface area contributed by atoms with Crippen molar-refractivity contribution in [3.8, 4) is 0 Å². The van der Waals surface area contributed by atoms with Crippen LogP contribution >= 0.6 is 0 Å². The van der Waals surface area contributed by atoms with E-state index in [2.05, 4.69) is 27.7 Å². The zero-order chi connectivity index (χ0) is 16.5. The third kappa shape index (κ3) is 14.3. The summed E-state index contributed by atoms with van der Waals surface area (Å²) in [6.45, 7) is 15.0. The van der Waals surface area contributed by atoms with E-state index in [0.717, 1.165) is 0 Å². The summed E-state index contributed by atoms with van der Waals surface area (Å²) >= 11 is 0. The highest BCUT2D eigenvalue weighted by Gasteiger charge is 2.23. The Kier molecular flexibility index (Phi) is 20.6. The van der Waals surface area contributed by atoms with Gasteiger partial charge in [-0.15, -0.1) is 0 Å². The number of hydrogen-bond acceptors (Lipinski definition) is 0. The molecule has 0 amide bonds. The highest BCUT2D eigenvalue weighted by atomic mass is 35.5. The minimum atomic E-state index is 0. The molecule has 0 aromatic rings. The third-order valence-corrected chi connectivity index (χ3v) is 5.08. The van der Waals surface area contributed by atoms with Crippen LogP contribution in [0.15, 0.2) is 0 Å². The van der Waals surface area contributed by atoms with Crippen LogP contribution in [0.25, 0.3) is 0 Å². The van der Waals surface area contributed by atoms with Gasteiger partial charge in [0.1, 0.15) is 0 Å². The number of unbranched alkanes of at least 4 members (excludes halogenated alkanes) is 9. The predicted octanol–water partition coefficient (Wildman–Crippen LogP) is 3.96. The Balaban J connectivity index is 0. The van der Waals surface area contributed by atoms with Gasteiger partial charge < -0.3 is 16.9 Å². The van der Waals surface area contributed by atoms with Crippen molar-refractivity contribution in [3.63, 3.8) is 0 Å². The molecule has 0 bridgehead atoms. The highest BCUT2D eigenvalue weighted by Crippen LogP contribution is 2.16. The monoisotopic (exact) mass is 347 g/mol. The third-order valence-electron chi connectivity index (χ3n) is 5.08. The van der Waals surface area contributed by atoms with Gasteiger partial charge in [-0.1, -0.05) is 79.1 Å². The Morgan fingerprint density at radius 2 is 0.739 bits per heavy atom. The summed E-state index contributed by atoms with van der Waals surface area (Å²) < 4.78 is 1.40. The van der Waals surface area contributed by atoms with Crippen LogP contribution in [-0.4, -0.2) is 30.7 Å². The Morgan fingerprint density at radius 3 is 1.09 bits per heavy atom. The second kappa shape index (κ2) is 18.6. The second-order valence-corrected chi connectivity index (χ2v) is 7.42. The van der Waals surface area contributed by atoms with Crippen LogP contribution in [0.2, 0.25) is 0 Å². The van der Waals surface area contributed by atoms with Crippen molar-refractivity contribution in [1.82, 2.24) is 0 Å². The summed E-state index contributed by atoms with van der Waals surface area (Å²) in [7, 11) is 0. The van der Waals surface area contributed by atoms with E-state index in [1.165, 1.54) is 114 Å². The van der Waals surface area contributed by atoms with Crippen molar-refractivity contribution in [3.05, 3.63) is 0 Å². The maximum absolute atomic E-state index is 2.36. The van der Waals surface area contributed by atoms with Gasteiger partial charge in [0.25, 0.3) is 0 Å². The fourth-order valence-electron chi connectivity index (χ4n) is 4.03. The summed E-state index contributed by atoms with van der Waals surface area (Å²) in [4.78, 5) is 0. The molecule has 0 aliphatic heterocycles. The van der Waals surface area contributed by atoms with E-state index in [0.29, 0.717) is 0 Å². The maximum atomic E-state index is 2.36. The van der Waals surface area contributed by atoms with Crippen molar-refractivity contribution in [2.75, 3.05) is 26.2 Å². The normalized spacial score (nSPS) is 11.5. The molecule has 0 aliphatic carbocycles. The van der Waals surface area contributed by atoms with Gasteiger partial charge >= 0.3 is 0 Å². The lowest BCUT2D eigenvalue weighted by Gasteiger charge is -2.38. The van der Waals surface area contributed by atoms with Gasteiger partial charge in [0.2, 0.25) is 0 Å². The Bertz CT molecular complexity index is 201. The van der Waals surface area contributed by atoms with Gasteiger partial charge in [-0.25, -0.2) is 0 Å². The van der Waals surface area contributed by atoms with Crippen molar-refractivity contribution in [2.24, 2.45) is 0 Å². The lowest BCUT2D eigenvalue weighted by molar-refractivity contribution is -0.928. The van der Waals surface area contributed by atoms with Crippen LogP contribution in [0, 0.1) is 0 Å². The molecule has 0 atom stereocenters. The number of hydrogen-bond donors (Lipinski definition) is 0. The minimum Gasteiger partial charge on any atom is -1.00 e. The van der Waals surface area contributed by atoms with Gasteiger partial charge in [0.05, 0.1) is 26.2 Å². The van der Waals surface area contributed by atoms with Crippen molar-refractivity contribution < 1.29 is 16.9 Å². The summed E-state index contributed by atoms with van der Waals surface area (Å²) in [5, 5.41) is 0. The second-order valence-electron chi connectivity index (χ2n) is 7.42. The standard InChI is InChI=1S/C21H46N.ClH/c1-5-9-10-11-12-13-14-15-16-17-21-22(18-6-2,19-7-3)20-8-4;/h5-21H2,1-4H3;1H/q+1;/p-1. The van der Waals surface area contributed by atoms with E-state index in [1.54, 1.807) is 0 Å². The van der Waals surface area contributed by atoms with E-state index in [1.807, 2.05) is 0 Å². The SMILES string of the molecule is CCCCCCCCCCCC[N+](CCC)(CCC)CCC.[Cl-]. The molecular weight excluding hydrogens is 302 g/mol. The lowest BCUT2D eigenvalue weighted by atomic mass is 10.1. The summed E-state index contributed by atoms with van der Waals surface area (Å²) in [5.41, 5.74) is 0. The molecule has 1 nitrogen and oxygen atoms in total. The molecule has 0 aromatic carbocycles. The molecule has 0 aromatic heterocycles. The molecule has 0 fully saturated rings. The number of halogens is 1. The Morgan fingerprint density at radius 1 is 0.391 bits per heavy atom. The molecule has 23 heavy (non-hydrogen) atoms. The summed E-state index contributed by atoms with van der Waals surface area (Å²) in [5.74, 6) is 0. The summed E-state index contributed by atoms with van der Waals surface area (Å²) in [6.07, 6.45) is 18.6. The average Bonchev–Trinajstić information content (AvgIpc) is 2.50. The van der Waals surface area contributed by atoms with Crippen molar-refractivity contribution in [2.45, 2.75) is 111 Å². The molecule has 0 saturated heterocycles. The van der Waals surface area contributed by atoms with Crippen LogP contribution in [0.1, 0.15) is 111 Å². The molecule has 0 rings (SSSR count). The first-order valence-corrected chi connectivity index (χ1v) is 10.6. The van der Waals surface area contributed by atoms with Crippen LogP contribution in [0.3, 0.4) is 0 Å². The van der Waals surface area contributed by atoms with Crippen molar-refractivity contribution in [1.29, 1.82) is 0 Å². The van der Waals surface area contributed by atoms with E-state index in [9.17, 15) is 0 Å². The molecule has 0 heterocycles.